The number of carbonyl (C=O) groups excluding carboxylic acids is 2. The number of amides is 2. The average molecular weight is 807 g/mol. The van der Waals surface area contributed by atoms with Crippen molar-refractivity contribution in [2.24, 2.45) is 11.8 Å². The van der Waals surface area contributed by atoms with Crippen molar-refractivity contribution in [3.05, 3.63) is 71.2 Å². The number of nitrogens with two attached hydrogens (primary N) is 1. The van der Waals surface area contributed by atoms with Gasteiger partial charge in [0.05, 0.1) is 42.1 Å². The van der Waals surface area contributed by atoms with E-state index in [9.17, 15) is 33.0 Å². The lowest BCUT2D eigenvalue weighted by atomic mass is 9.89. The molecule has 5 aliphatic rings. The van der Waals surface area contributed by atoms with E-state index in [1.54, 1.807) is 27.0 Å². The van der Waals surface area contributed by atoms with E-state index < -0.39 is 48.1 Å². The van der Waals surface area contributed by atoms with Gasteiger partial charge in [0.2, 0.25) is 11.8 Å². The number of aromatic nitrogens is 2. The summed E-state index contributed by atoms with van der Waals surface area (Å²) in [6, 6.07) is 6.18. The number of ether oxygens (including phenoxy) is 2. The molecule has 8 rings (SSSR count). The summed E-state index contributed by atoms with van der Waals surface area (Å²) in [4.78, 5) is 41.9. The maximum atomic E-state index is 13.6. The third-order valence-corrected chi connectivity index (χ3v) is 12.1. The number of benzene rings is 2. The number of halogens is 3. The van der Waals surface area contributed by atoms with Crippen LogP contribution in [-0.2, 0) is 15.8 Å². The number of aliphatic hydroxyl groups excluding tert-OH is 2. The first-order chi connectivity index (χ1) is 27.7. The fourth-order valence-electron chi connectivity index (χ4n) is 9.09. The van der Waals surface area contributed by atoms with Gasteiger partial charge in [0.15, 0.2) is 11.5 Å². The number of allylic oxidation sites excluding steroid dienone is 1. The molecule has 5 unspecified atom stereocenters. The highest BCUT2D eigenvalue weighted by Gasteiger charge is 2.51. The number of aliphatic hydroxyl groups is 2. The first kappa shape index (κ1) is 39.8. The first-order valence-corrected chi connectivity index (χ1v) is 19.8. The number of rotatable bonds is 9. The van der Waals surface area contributed by atoms with Crippen molar-refractivity contribution in [3.8, 4) is 11.5 Å². The van der Waals surface area contributed by atoms with Crippen LogP contribution in [0, 0.1) is 18.8 Å². The van der Waals surface area contributed by atoms with E-state index in [1.807, 2.05) is 24.3 Å². The number of alkyl halides is 3. The van der Waals surface area contributed by atoms with Crippen LogP contribution in [0.15, 0.2) is 54.3 Å². The standard InChI is InChI=1S/C41H49F3N8O6/c1-21(23-14-24(41(42,43)44)16-25(45)15-23)46-37-31-18-35(34(57-3)19-32(31)47-22(2)48-37)58-28-10-13-51(20-28)26-8-11-50(12-9-26)27-4-5-29-30(17-27)40(56)52(39(29)55)33-6-7-36(53)49-38(33)54/h4-5,14-19,21,26,28-30,33,36,38,49,53-54H,6-13,20,45H2,1-3H3,(H,46,47,48)/t21-,28+,29?,30?,33?,36?,38?/m1/s1. The number of likely N-dealkylation sites (tertiary alicyclic amines) is 3. The van der Waals surface area contributed by atoms with E-state index in [4.69, 9.17) is 15.2 Å². The molecule has 17 heteroatoms. The molecule has 7 atom stereocenters. The number of nitrogens with one attached hydrogen (secondary N) is 2. The number of hydrogen-bond acceptors (Lipinski definition) is 13. The molecule has 1 aliphatic carbocycles. The van der Waals surface area contributed by atoms with Gasteiger partial charge in [0, 0.05) is 55.1 Å². The lowest BCUT2D eigenvalue weighted by molar-refractivity contribution is -0.149. The molecule has 2 aromatic carbocycles. The number of hydrogen-bond donors (Lipinski definition) is 5. The molecule has 4 saturated heterocycles. The Labute approximate surface area is 333 Å². The van der Waals surface area contributed by atoms with Crippen LogP contribution >= 0.6 is 0 Å². The highest BCUT2D eigenvalue weighted by atomic mass is 19.4. The summed E-state index contributed by atoms with van der Waals surface area (Å²) in [6.07, 6.45) is 2.23. The zero-order chi connectivity index (χ0) is 41.0. The molecular formula is C41H49F3N8O6. The van der Waals surface area contributed by atoms with Gasteiger partial charge in [-0.3, -0.25) is 24.7 Å². The topological polar surface area (TPSA) is 179 Å². The highest BCUT2D eigenvalue weighted by molar-refractivity contribution is 6.07. The molecule has 5 heterocycles. The summed E-state index contributed by atoms with van der Waals surface area (Å²) in [5.74, 6) is 0.102. The van der Waals surface area contributed by atoms with Crippen molar-refractivity contribution < 1.29 is 42.4 Å². The Hall–Kier alpha value is -4.97. The predicted molar refractivity (Wildman–Crippen MR) is 208 cm³/mol. The van der Waals surface area contributed by atoms with Crippen molar-refractivity contribution in [1.29, 1.82) is 0 Å². The van der Waals surface area contributed by atoms with E-state index in [-0.39, 0.29) is 23.6 Å². The second-order valence-corrected chi connectivity index (χ2v) is 16.0. The molecule has 2 amide bonds. The van der Waals surface area contributed by atoms with Gasteiger partial charge in [-0.15, -0.1) is 0 Å². The molecule has 58 heavy (non-hydrogen) atoms. The number of nitrogens with zero attached hydrogens (tertiary/aromatic N) is 5. The van der Waals surface area contributed by atoms with Crippen LogP contribution < -0.4 is 25.8 Å². The molecule has 6 N–H and O–H groups in total. The van der Waals surface area contributed by atoms with Crippen LogP contribution in [0.4, 0.5) is 24.7 Å². The minimum Gasteiger partial charge on any atom is -0.493 e. The summed E-state index contributed by atoms with van der Waals surface area (Å²) in [5, 5.41) is 26.9. The van der Waals surface area contributed by atoms with Crippen molar-refractivity contribution in [2.75, 3.05) is 44.3 Å². The second-order valence-electron chi connectivity index (χ2n) is 16.0. The fraction of sp³-hybridized carbons (Fsp3) is 0.512. The van der Waals surface area contributed by atoms with E-state index in [2.05, 4.69) is 30.4 Å². The molecule has 0 saturated carbocycles. The Balaban J connectivity index is 0.905. The number of imide groups is 1. The molecule has 3 aromatic rings. The number of aryl methyl sites for hydroxylation is 1. The number of nitrogen functional groups attached to an aromatic ring is 1. The maximum absolute atomic E-state index is 13.6. The van der Waals surface area contributed by atoms with E-state index in [0.29, 0.717) is 65.0 Å². The van der Waals surface area contributed by atoms with Gasteiger partial charge < -0.3 is 35.6 Å². The van der Waals surface area contributed by atoms with Gasteiger partial charge in [0.25, 0.3) is 0 Å². The molecular weight excluding hydrogens is 757 g/mol. The van der Waals surface area contributed by atoms with Crippen LogP contribution in [0.5, 0.6) is 11.5 Å². The minimum absolute atomic E-state index is 0.0157. The first-order valence-electron chi connectivity index (χ1n) is 19.8. The maximum Gasteiger partial charge on any atom is 0.416 e. The van der Waals surface area contributed by atoms with Crippen molar-refractivity contribution in [2.45, 2.75) is 88.8 Å². The Bertz CT molecular complexity index is 2140. The van der Waals surface area contributed by atoms with Crippen LogP contribution in [0.25, 0.3) is 10.9 Å². The van der Waals surface area contributed by atoms with Crippen LogP contribution in [0.2, 0.25) is 0 Å². The van der Waals surface area contributed by atoms with Gasteiger partial charge in [-0.05, 0) is 87.9 Å². The molecule has 4 aliphatic heterocycles. The van der Waals surface area contributed by atoms with Gasteiger partial charge in [0.1, 0.15) is 30.2 Å². The number of anilines is 2. The minimum atomic E-state index is -4.54. The van der Waals surface area contributed by atoms with Crippen LogP contribution in [0.1, 0.15) is 62.0 Å². The summed E-state index contributed by atoms with van der Waals surface area (Å²) in [5.41, 5.74) is 6.93. The van der Waals surface area contributed by atoms with Gasteiger partial charge in [-0.2, -0.15) is 13.2 Å². The lowest BCUT2D eigenvalue weighted by Gasteiger charge is -2.39. The summed E-state index contributed by atoms with van der Waals surface area (Å²) < 4.78 is 53.0. The molecule has 4 fully saturated rings. The van der Waals surface area contributed by atoms with E-state index in [1.165, 1.54) is 11.0 Å². The molecule has 0 bridgehead atoms. The third-order valence-electron chi connectivity index (χ3n) is 12.1. The zero-order valence-corrected chi connectivity index (χ0v) is 32.6. The summed E-state index contributed by atoms with van der Waals surface area (Å²) in [7, 11) is 1.56. The Morgan fingerprint density at radius 3 is 2.45 bits per heavy atom. The smallest absolute Gasteiger partial charge is 0.416 e. The summed E-state index contributed by atoms with van der Waals surface area (Å²) in [6.45, 7) is 6.63. The largest absolute Gasteiger partial charge is 0.493 e. The molecule has 0 spiro atoms. The van der Waals surface area contributed by atoms with Gasteiger partial charge in [-0.1, -0.05) is 6.08 Å². The predicted octanol–water partition coefficient (Wildman–Crippen LogP) is 4.08. The monoisotopic (exact) mass is 806 g/mol. The average Bonchev–Trinajstić information content (AvgIpc) is 3.75. The van der Waals surface area contributed by atoms with Crippen molar-refractivity contribution in [1.82, 2.24) is 30.0 Å². The number of methoxy groups -OCH3 is 1. The number of piperidine rings is 2. The highest BCUT2D eigenvalue weighted by Crippen LogP contribution is 2.40. The molecule has 310 valence electrons. The van der Waals surface area contributed by atoms with E-state index >= 15 is 0 Å². The molecule has 14 nitrogen and oxygen atoms in total. The van der Waals surface area contributed by atoms with Crippen LogP contribution in [0.3, 0.4) is 0 Å². The molecule has 0 radical (unpaired) electrons. The Morgan fingerprint density at radius 2 is 1.72 bits per heavy atom. The van der Waals surface area contributed by atoms with E-state index in [0.717, 1.165) is 56.7 Å². The van der Waals surface area contributed by atoms with Crippen molar-refractivity contribution >= 4 is 34.2 Å². The lowest BCUT2D eigenvalue weighted by Crippen LogP contribution is -2.58. The van der Waals surface area contributed by atoms with Gasteiger partial charge >= 0.3 is 6.18 Å². The van der Waals surface area contributed by atoms with Crippen LogP contribution in [-0.4, -0.2) is 111 Å². The Kier molecular flexibility index (Phi) is 10.8. The second kappa shape index (κ2) is 15.7. The quantitative estimate of drug-likeness (QED) is 0.155. The Morgan fingerprint density at radius 1 is 0.966 bits per heavy atom. The number of carbonyl (C=O) groups is 2. The zero-order valence-electron chi connectivity index (χ0n) is 32.6. The van der Waals surface area contributed by atoms with Gasteiger partial charge in [-0.25, -0.2) is 9.97 Å². The summed E-state index contributed by atoms with van der Waals surface area (Å²) >= 11 is 0. The normalized spacial score (nSPS) is 27.6. The number of fused-ring (bicyclic) bond motifs is 2. The SMILES string of the molecule is COc1cc2nc(C)nc(N[C@H](C)c3cc(N)cc(C(F)(F)F)c3)c2cc1O[C@H]1CCN(C2CCN(C3=CC4C(=O)N(C5CCC(O)NC5O)C(=O)C4C=C3)CC2)C1. The molecule has 1 aromatic heterocycles. The third kappa shape index (κ3) is 7.79. The fourth-order valence-corrected chi connectivity index (χ4v) is 9.09. The van der Waals surface area contributed by atoms with Crippen molar-refractivity contribution in [3.63, 3.8) is 0 Å².